The minimum atomic E-state index is -0.450. The second kappa shape index (κ2) is 5.06. The van der Waals surface area contributed by atoms with Crippen molar-refractivity contribution in [3.05, 3.63) is 48.0 Å². The predicted molar refractivity (Wildman–Crippen MR) is 84.5 cm³/mol. The van der Waals surface area contributed by atoms with Crippen molar-refractivity contribution in [2.24, 2.45) is 0 Å². The molecule has 1 fully saturated rings. The van der Waals surface area contributed by atoms with Crippen molar-refractivity contribution in [2.75, 3.05) is 0 Å². The molecule has 0 bridgehead atoms. The normalized spacial score (nSPS) is 21.1. The third kappa shape index (κ3) is 3.18. The van der Waals surface area contributed by atoms with E-state index < -0.39 is 5.60 Å². The van der Waals surface area contributed by atoms with Crippen LogP contribution in [0.4, 0.5) is 4.79 Å². The summed E-state index contributed by atoms with van der Waals surface area (Å²) in [5.41, 5.74) is 0.864. The van der Waals surface area contributed by atoms with Crippen LogP contribution in [0, 0.1) is 0 Å². The van der Waals surface area contributed by atoms with Gasteiger partial charge in [-0.3, -0.25) is 0 Å². The first-order valence-electron chi connectivity index (χ1n) is 7.41. The predicted octanol–water partition coefficient (Wildman–Crippen LogP) is 4.22. The zero-order valence-corrected chi connectivity index (χ0v) is 12.7. The maximum atomic E-state index is 11.8. The van der Waals surface area contributed by atoms with Crippen LogP contribution in [0.25, 0.3) is 10.8 Å². The molecular weight excluding hydrogens is 262 g/mol. The molecule has 0 saturated heterocycles. The monoisotopic (exact) mass is 283 g/mol. The molecule has 1 N–H and O–H groups in total. The number of carbonyl (C=O) groups is 1. The van der Waals surface area contributed by atoms with Crippen LogP contribution in [-0.4, -0.2) is 17.7 Å². The molecule has 3 nitrogen and oxygen atoms in total. The van der Waals surface area contributed by atoms with E-state index in [1.54, 1.807) is 0 Å². The quantitative estimate of drug-likeness (QED) is 0.896. The lowest BCUT2D eigenvalue weighted by Crippen LogP contribution is -2.34. The molecule has 21 heavy (non-hydrogen) atoms. The van der Waals surface area contributed by atoms with Gasteiger partial charge in [0.05, 0.1) is 0 Å². The van der Waals surface area contributed by atoms with E-state index in [4.69, 9.17) is 4.74 Å². The molecule has 3 rings (SSSR count). The van der Waals surface area contributed by atoms with E-state index >= 15 is 0 Å². The summed E-state index contributed by atoms with van der Waals surface area (Å²) >= 11 is 0. The minimum absolute atomic E-state index is 0.186. The Labute approximate surface area is 125 Å². The molecule has 0 aromatic heterocycles. The van der Waals surface area contributed by atoms with Crippen molar-refractivity contribution in [2.45, 2.75) is 44.8 Å². The zero-order valence-electron chi connectivity index (χ0n) is 12.7. The number of rotatable bonds is 2. The SMILES string of the molecule is CC(C)(C)OC(=O)NC1CC1c1cccc2ccccc12. The number of hydrogen-bond acceptors (Lipinski definition) is 2. The fourth-order valence-corrected chi connectivity index (χ4v) is 2.73. The van der Waals surface area contributed by atoms with Gasteiger partial charge in [-0.05, 0) is 43.5 Å². The lowest BCUT2D eigenvalue weighted by molar-refractivity contribution is 0.0523. The Morgan fingerprint density at radius 3 is 2.62 bits per heavy atom. The molecule has 1 aliphatic carbocycles. The number of nitrogens with one attached hydrogen (secondary N) is 1. The molecule has 0 heterocycles. The van der Waals surface area contributed by atoms with Crippen molar-refractivity contribution in [1.29, 1.82) is 0 Å². The van der Waals surface area contributed by atoms with Crippen molar-refractivity contribution in [3.8, 4) is 0 Å². The second-order valence-corrected chi connectivity index (χ2v) is 6.66. The topological polar surface area (TPSA) is 38.3 Å². The highest BCUT2D eigenvalue weighted by atomic mass is 16.6. The molecule has 2 unspecified atom stereocenters. The van der Waals surface area contributed by atoms with Crippen LogP contribution in [0.2, 0.25) is 0 Å². The van der Waals surface area contributed by atoms with Gasteiger partial charge in [-0.25, -0.2) is 4.79 Å². The van der Waals surface area contributed by atoms with E-state index in [-0.39, 0.29) is 12.1 Å². The summed E-state index contributed by atoms with van der Waals surface area (Å²) in [4.78, 5) is 11.8. The summed E-state index contributed by atoms with van der Waals surface area (Å²) in [5, 5.41) is 5.49. The van der Waals surface area contributed by atoms with E-state index in [2.05, 4.69) is 47.8 Å². The zero-order chi connectivity index (χ0) is 15.0. The fraction of sp³-hybridized carbons (Fsp3) is 0.389. The summed E-state index contributed by atoms with van der Waals surface area (Å²) in [6.45, 7) is 5.63. The van der Waals surface area contributed by atoms with E-state index in [0.29, 0.717) is 5.92 Å². The Balaban J connectivity index is 1.71. The Kier molecular flexibility index (Phi) is 3.36. The number of benzene rings is 2. The van der Waals surface area contributed by atoms with Gasteiger partial charge in [0.15, 0.2) is 0 Å². The summed E-state index contributed by atoms with van der Waals surface area (Å²) in [6, 6.07) is 14.9. The minimum Gasteiger partial charge on any atom is -0.444 e. The van der Waals surface area contributed by atoms with Crippen LogP contribution in [0.15, 0.2) is 42.5 Å². The van der Waals surface area contributed by atoms with Gasteiger partial charge in [0.2, 0.25) is 0 Å². The Morgan fingerprint density at radius 1 is 1.14 bits per heavy atom. The molecule has 1 amide bonds. The first kappa shape index (κ1) is 13.9. The first-order chi connectivity index (χ1) is 9.94. The van der Waals surface area contributed by atoms with Gasteiger partial charge < -0.3 is 10.1 Å². The Hall–Kier alpha value is -2.03. The Morgan fingerprint density at radius 2 is 1.86 bits per heavy atom. The van der Waals surface area contributed by atoms with E-state index in [1.165, 1.54) is 16.3 Å². The number of hydrogen-bond donors (Lipinski definition) is 1. The highest BCUT2D eigenvalue weighted by Gasteiger charge is 2.41. The number of amides is 1. The molecule has 3 heteroatoms. The smallest absolute Gasteiger partial charge is 0.407 e. The van der Waals surface area contributed by atoms with Gasteiger partial charge in [0.1, 0.15) is 5.60 Å². The molecule has 2 aromatic rings. The molecule has 0 radical (unpaired) electrons. The summed E-state index contributed by atoms with van der Waals surface area (Å²) in [6.07, 6.45) is 0.656. The Bertz CT molecular complexity index is 667. The maximum absolute atomic E-state index is 11.8. The first-order valence-corrected chi connectivity index (χ1v) is 7.41. The van der Waals surface area contributed by atoms with E-state index in [9.17, 15) is 4.79 Å². The van der Waals surface area contributed by atoms with Gasteiger partial charge in [0.25, 0.3) is 0 Å². The number of ether oxygens (including phenoxy) is 1. The third-order valence-corrected chi connectivity index (χ3v) is 3.72. The highest BCUT2D eigenvalue weighted by Crippen LogP contribution is 2.43. The van der Waals surface area contributed by atoms with Gasteiger partial charge >= 0.3 is 6.09 Å². The van der Waals surface area contributed by atoms with Crippen molar-refractivity contribution in [1.82, 2.24) is 5.32 Å². The molecule has 2 atom stereocenters. The standard InChI is InChI=1S/C18H21NO2/c1-18(2,3)21-17(20)19-16-11-15(16)14-10-6-8-12-7-4-5-9-13(12)14/h4-10,15-16H,11H2,1-3H3,(H,19,20). The lowest BCUT2D eigenvalue weighted by atomic mass is 10.0. The summed E-state index contributed by atoms with van der Waals surface area (Å²) in [5.74, 6) is 0.392. The van der Waals surface area contributed by atoms with Gasteiger partial charge in [-0.15, -0.1) is 0 Å². The van der Waals surface area contributed by atoms with Crippen molar-refractivity contribution in [3.63, 3.8) is 0 Å². The van der Waals surface area contributed by atoms with Crippen LogP contribution >= 0.6 is 0 Å². The number of fused-ring (bicyclic) bond motifs is 1. The van der Waals surface area contributed by atoms with Gasteiger partial charge in [-0.1, -0.05) is 42.5 Å². The van der Waals surface area contributed by atoms with Gasteiger partial charge in [0, 0.05) is 12.0 Å². The largest absolute Gasteiger partial charge is 0.444 e. The summed E-state index contributed by atoms with van der Waals surface area (Å²) < 4.78 is 5.31. The number of alkyl carbamates (subject to hydrolysis) is 1. The molecule has 110 valence electrons. The van der Waals surface area contributed by atoms with E-state index in [1.807, 2.05) is 20.8 Å². The van der Waals surface area contributed by atoms with Crippen molar-refractivity contribution >= 4 is 16.9 Å². The van der Waals surface area contributed by atoms with Crippen LogP contribution in [-0.2, 0) is 4.74 Å². The average molecular weight is 283 g/mol. The highest BCUT2D eigenvalue weighted by molar-refractivity contribution is 5.86. The third-order valence-electron chi connectivity index (χ3n) is 3.72. The molecule has 1 aliphatic rings. The molecule has 2 aromatic carbocycles. The second-order valence-electron chi connectivity index (χ2n) is 6.66. The number of carbonyl (C=O) groups excluding carboxylic acids is 1. The molecule has 0 aliphatic heterocycles. The molecule has 0 spiro atoms. The molecular formula is C18H21NO2. The van der Waals surface area contributed by atoms with Crippen molar-refractivity contribution < 1.29 is 9.53 Å². The van der Waals surface area contributed by atoms with Crippen LogP contribution in [0.3, 0.4) is 0 Å². The summed E-state index contributed by atoms with van der Waals surface area (Å²) in [7, 11) is 0. The van der Waals surface area contributed by atoms with Crippen LogP contribution in [0.1, 0.15) is 38.7 Å². The average Bonchev–Trinajstić information content (AvgIpc) is 3.14. The van der Waals surface area contributed by atoms with Crippen LogP contribution in [0.5, 0.6) is 0 Å². The fourth-order valence-electron chi connectivity index (χ4n) is 2.73. The maximum Gasteiger partial charge on any atom is 0.407 e. The van der Waals surface area contributed by atoms with E-state index in [0.717, 1.165) is 6.42 Å². The van der Waals surface area contributed by atoms with Crippen LogP contribution < -0.4 is 5.32 Å². The van der Waals surface area contributed by atoms with Gasteiger partial charge in [-0.2, -0.15) is 0 Å². The molecule has 1 saturated carbocycles. The lowest BCUT2D eigenvalue weighted by Gasteiger charge is -2.19.